The van der Waals surface area contributed by atoms with E-state index in [-0.39, 0.29) is 0 Å². The number of nitrogens with two attached hydrogens (primary N) is 1. The maximum absolute atomic E-state index is 5.45. The quantitative estimate of drug-likeness (QED) is 0.724. The fourth-order valence-electron chi connectivity index (χ4n) is 1.27. The molecule has 0 aliphatic carbocycles. The third kappa shape index (κ3) is 1.08. The number of hydrogen-bond acceptors (Lipinski definition) is 3. The lowest BCUT2D eigenvalue weighted by Crippen LogP contribution is -2.01. The van der Waals surface area contributed by atoms with Crippen molar-refractivity contribution in [3.05, 3.63) is 30.3 Å². The highest BCUT2D eigenvalue weighted by molar-refractivity contribution is 5.79. The molecule has 2 N–H and O–H groups in total. The molecular formula is C9H10N2O. The Bertz CT molecular complexity index is 381. The Kier molecular flexibility index (Phi) is 1.80. The highest BCUT2D eigenvalue weighted by Crippen LogP contribution is 2.19. The van der Waals surface area contributed by atoms with Crippen LogP contribution in [0.2, 0.25) is 0 Å². The van der Waals surface area contributed by atoms with Crippen molar-refractivity contribution in [2.24, 2.45) is 5.73 Å². The molecule has 0 unspecified atom stereocenters. The number of aromatic nitrogens is 1. The molecule has 0 atom stereocenters. The predicted octanol–water partition coefficient (Wildman–Crippen LogP) is 1.33. The van der Waals surface area contributed by atoms with Gasteiger partial charge in [-0.05, 0) is 19.0 Å². The average Bonchev–Trinajstić information content (AvgIpc) is 2.50. The van der Waals surface area contributed by atoms with Crippen molar-refractivity contribution in [1.29, 1.82) is 0 Å². The summed E-state index contributed by atoms with van der Waals surface area (Å²) in [6.07, 6.45) is 6.12. The van der Waals surface area contributed by atoms with Crippen molar-refractivity contribution in [3.63, 3.8) is 0 Å². The first kappa shape index (κ1) is 7.31. The van der Waals surface area contributed by atoms with Crippen LogP contribution in [0.1, 0.15) is 5.56 Å². The van der Waals surface area contributed by atoms with E-state index < -0.39 is 0 Å². The van der Waals surface area contributed by atoms with Gasteiger partial charge in [0.05, 0.1) is 6.26 Å². The van der Waals surface area contributed by atoms with E-state index in [0.717, 1.165) is 23.0 Å². The molecule has 0 amide bonds. The van der Waals surface area contributed by atoms with Crippen LogP contribution in [-0.4, -0.2) is 11.5 Å². The summed E-state index contributed by atoms with van der Waals surface area (Å²) in [5.41, 5.74) is 7.47. The average molecular weight is 162 g/mol. The van der Waals surface area contributed by atoms with E-state index in [1.165, 1.54) is 0 Å². The summed E-state index contributed by atoms with van der Waals surface area (Å²) >= 11 is 0. The van der Waals surface area contributed by atoms with Gasteiger partial charge in [-0.25, -0.2) is 0 Å². The van der Waals surface area contributed by atoms with Crippen LogP contribution in [0.15, 0.2) is 29.1 Å². The van der Waals surface area contributed by atoms with E-state index in [0.29, 0.717) is 6.54 Å². The molecule has 62 valence electrons. The van der Waals surface area contributed by atoms with E-state index in [1.54, 1.807) is 12.5 Å². The number of nitrogens with zero attached hydrogens (tertiary/aromatic N) is 1. The maximum Gasteiger partial charge on any atom is 0.137 e. The van der Waals surface area contributed by atoms with Gasteiger partial charge in [0.15, 0.2) is 0 Å². The lowest BCUT2D eigenvalue weighted by molar-refractivity contribution is 0.610. The largest absolute Gasteiger partial charge is 0.464 e. The Morgan fingerprint density at radius 2 is 2.42 bits per heavy atom. The van der Waals surface area contributed by atoms with Gasteiger partial charge >= 0.3 is 0 Å². The Morgan fingerprint density at radius 3 is 3.25 bits per heavy atom. The fraction of sp³-hybridized carbons (Fsp3) is 0.222. The van der Waals surface area contributed by atoms with Crippen LogP contribution in [0.3, 0.4) is 0 Å². The molecule has 2 aromatic heterocycles. The minimum Gasteiger partial charge on any atom is -0.464 e. The summed E-state index contributed by atoms with van der Waals surface area (Å²) in [5, 5.41) is 1.07. The number of hydrogen-bond donors (Lipinski definition) is 1. The highest BCUT2D eigenvalue weighted by Gasteiger charge is 2.03. The minimum absolute atomic E-state index is 0.642. The monoisotopic (exact) mass is 162 g/mol. The molecule has 2 rings (SSSR count). The lowest BCUT2D eigenvalue weighted by atomic mass is 10.2. The standard InChI is InChI=1S/C9H10N2O/c10-3-1-7-6-12-9-2-4-11-5-8(7)9/h2,4-6H,1,3,10H2. The first-order chi connectivity index (χ1) is 5.92. The summed E-state index contributed by atoms with van der Waals surface area (Å²) < 4.78 is 5.31. The van der Waals surface area contributed by atoms with E-state index in [4.69, 9.17) is 10.2 Å². The Morgan fingerprint density at radius 1 is 1.50 bits per heavy atom. The van der Waals surface area contributed by atoms with Crippen LogP contribution in [0.5, 0.6) is 0 Å². The summed E-state index contributed by atoms with van der Waals surface area (Å²) in [4.78, 5) is 4.03. The second kappa shape index (κ2) is 2.95. The molecular weight excluding hydrogens is 152 g/mol. The smallest absolute Gasteiger partial charge is 0.137 e. The predicted molar refractivity (Wildman–Crippen MR) is 46.8 cm³/mol. The number of pyridine rings is 1. The van der Waals surface area contributed by atoms with Gasteiger partial charge in [0.2, 0.25) is 0 Å². The Labute approximate surface area is 70.2 Å². The molecule has 0 bridgehead atoms. The van der Waals surface area contributed by atoms with Gasteiger partial charge in [-0.15, -0.1) is 0 Å². The lowest BCUT2D eigenvalue weighted by Gasteiger charge is -1.91. The van der Waals surface area contributed by atoms with Crippen LogP contribution >= 0.6 is 0 Å². The van der Waals surface area contributed by atoms with Gasteiger partial charge in [-0.1, -0.05) is 0 Å². The van der Waals surface area contributed by atoms with Crippen molar-refractivity contribution in [1.82, 2.24) is 4.98 Å². The summed E-state index contributed by atoms with van der Waals surface area (Å²) in [7, 11) is 0. The summed E-state index contributed by atoms with van der Waals surface area (Å²) in [6.45, 7) is 0.642. The molecule has 0 aliphatic heterocycles. The Balaban J connectivity index is 2.55. The molecule has 2 aromatic rings. The second-order valence-electron chi connectivity index (χ2n) is 2.67. The second-order valence-corrected chi connectivity index (χ2v) is 2.67. The molecule has 3 heteroatoms. The van der Waals surface area contributed by atoms with Crippen molar-refractivity contribution in [3.8, 4) is 0 Å². The first-order valence-electron chi connectivity index (χ1n) is 3.92. The van der Waals surface area contributed by atoms with Crippen molar-refractivity contribution in [2.75, 3.05) is 6.54 Å². The molecule has 0 spiro atoms. The van der Waals surface area contributed by atoms with Gasteiger partial charge in [-0.3, -0.25) is 4.98 Å². The van der Waals surface area contributed by atoms with Crippen LogP contribution in [0.25, 0.3) is 11.0 Å². The van der Waals surface area contributed by atoms with Gasteiger partial charge < -0.3 is 10.2 Å². The number of rotatable bonds is 2. The van der Waals surface area contributed by atoms with Crippen LogP contribution in [0.4, 0.5) is 0 Å². The zero-order chi connectivity index (χ0) is 8.39. The number of fused-ring (bicyclic) bond motifs is 1. The van der Waals surface area contributed by atoms with Crippen molar-refractivity contribution in [2.45, 2.75) is 6.42 Å². The van der Waals surface area contributed by atoms with E-state index in [1.807, 2.05) is 12.3 Å². The Hall–Kier alpha value is -1.35. The van der Waals surface area contributed by atoms with Crippen LogP contribution in [-0.2, 0) is 6.42 Å². The van der Waals surface area contributed by atoms with Crippen molar-refractivity contribution < 1.29 is 4.42 Å². The highest BCUT2D eigenvalue weighted by atomic mass is 16.3. The molecule has 0 aliphatic rings. The van der Waals surface area contributed by atoms with Crippen LogP contribution in [0, 0.1) is 0 Å². The van der Waals surface area contributed by atoms with Gasteiger partial charge in [-0.2, -0.15) is 0 Å². The molecule has 0 aromatic carbocycles. The van der Waals surface area contributed by atoms with E-state index >= 15 is 0 Å². The summed E-state index contributed by atoms with van der Waals surface area (Å²) in [5.74, 6) is 0. The molecule has 0 saturated carbocycles. The van der Waals surface area contributed by atoms with Gasteiger partial charge in [0, 0.05) is 23.3 Å². The third-order valence-electron chi connectivity index (χ3n) is 1.87. The van der Waals surface area contributed by atoms with E-state index in [2.05, 4.69) is 4.98 Å². The zero-order valence-corrected chi connectivity index (χ0v) is 6.66. The molecule has 0 saturated heterocycles. The molecule has 3 nitrogen and oxygen atoms in total. The molecule has 2 heterocycles. The van der Waals surface area contributed by atoms with Crippen molar-refractivity contribution >= 4 is 11.0 Å². The molecule has 0 fully saturated rings. The fourth-order valence-corrected chi connectivity index (χ4v) is 1.27. The van der Waals surface area contributed by atoms with Gasteiger partial charge in [0.25, 0.3) is 0 Å². The number of furan rings is 1. The molecule has 12 heavy (non-hydrogen) atoms. The third-order valence-corrected chi connectivity index (χ3v) is 1.87. The topological polar surface area (TPSA) is 52.0 Å². The van der Waals surface area contributed by atoms with Gasteiger partial charge in [0.1, 0.15) is 5.58 Å². The molecule has 0 radical (unpaired) electrons. The van der Waals surface area contributed by atoms with E-state index in [9.17, 15) is 0 Å². The SMILES string of the molecule is NCCc1coc2ccncc12. The summed E-state index contributed by atoms with van der Waals surface area (Å²) in [6, 6.07) is 1.86. The zero-order valence-electron chi connectivity index (χ0n) is 6.66. The minimum atomic E-state index is 0.642. The normalized spacial score (nSPS) is 10.8. The first-order valence-corrected chi connectivity index (χ1v) is 3.92. The maximum atomic E-state index is 5.45. The van der Waals surface area contributed by atoms with Crippen LogP contribution < -0.4 is 5.73 Å².